The van der Waals surface area contributed by atoms with Gasteiger partial charge in [0.2, 0.25) is 0 Å². The van der Waals surface area contributed by atoms with E-state index >= 15 is 0 Å². The molecule has 0 aliphatic rings. The Morgan fingerprint density at radius 3 is 1.65 bits per heavy atom. The largest absolute Gasteiger partial charge is 1.00 e. The third kappa shape index (κ3) is 3.40. The molecule has 3 heteroatoms. The van der Waals surface area contributed by atoms with Gasteiger partial charge in [-0.25, -0.2) is 0 Å². The second-order valence-electron chi connectivity index (χ2n) is 3.95. The fraction of sp³-hybridized carbons (Fsp3) is 0.143. The van der Waals surface area contributed by atoms with Gasteiger partial charge in [0.25, 0.3) is 0 Å². The number of rotatable bonds is 3. The van der Waals surface area contributed by atoms with Gasteiger partial charge in [-0.3, -0.25) is 0 Å². The molecule has 0 aromatic heterocycles. The summed E-state index contributed by atoms with van der Waals surface area (Å²) in [5, 5.41) is 0. The summed E-state index contributed by atoms with van der Waals surface area (Å²) in [7, 11) is 0. The van der Waals surface area contributed by atoms with Crippen molar-refractivity contribution in [2.24, 2.45) is 5.73 Å². The van der Waals surface area contributed by atoms with Crippen LogP contribution in [0.4, 0.5) is 0 Å². The first-order valence-electron chi connectivity index (χ1n) is 5.47. The highest BCUT2D eigenvalue weighted by atomic mass is 79.9. The third-order valence-corrected chi connectivity index (χ3v) is 2.85. The van der Waals surface area contributed by atoms with E-state index in [0.29, 0.717) is 0 Å². The van der Waals surface area contributed by atoms with Crippen LogP contribution in [0.2, 0.25) is 0 Å². The minimum Gasteiger partial charge on any atom is -1.00 e. The standard InChI is InChI=1S/C14H16N2.BrH/c15-13(11-7-3-1-4-8-11)14(16)12-9-5-2-6-10-12;/h1-10,13-14H,15-16H2;1H/t13-,14-;/m1./s1. The molecule has 0 aliphatic carbocycles. The van der Waals surface area contributed by atoms with Crippen LogP contribution < -0.4 is 28.4 Å². The number of nitrogens with two attached hydrogens (primary N) is 1. The quantitative estimate of drug-likeness (QED) is 0.724. The molecule has 0 unspecified atom stereocenters. The van der Waals surface area contributed by atoms with Gasteiger partial charge in [-0.1, -0.05) is 60.7 Å². The van der Waals surface area contributed by atoms with Gasteiger partial charge >= 0.3 is 0 Å². The molecule has 90 valence electrons. The van der Waals surface area contributed by atoms with Gasteiger partial charge in [-0.05, 0) is 5.56 Å². The number of hydrogen-bond acceptors (Lipinski definition) is 1. The number of halogens is 1. The summed E-state index contributed by atoms with van der Waals surface area (Å²) >= 11 is 0. The Balaban J connectivity index is 0.00000144. The summed E-state index contributed by atoms with van der Waals surface area (Å²) in [6.07, 6.45) is 0. The van der Waals surface area contributed by atoms with E-state index in [9.17, 15) is 0 Å². The Hall–Kier alpha value is -1.16. The summed E-state index contributed by atoms with van der Waals surface area (Å²) in [5.41, 5.74) is 12.7. The third-order valence-electron chi connectivity index (χ3n) is 2.85. The van der Waals surface area contributed by atoms with Crippen molar-refractivity contribution in [3.63, 3.8) is 0 Å². The predicted molar refractivity (Wildman–Crippen MR) is 65.4 cm³/mol. The van der Waals surface area contributed by atoms with Crippen molar-refractivity contribution in [3.05, 3.63) is 71.8 Å². The van der Waals surface area contributed by atoms with Crippen LogP contribution in [0, 0.1) is 0 Å². The fourth-order valence-electron chi connectivity index (χ4n) is 1.82. The first kappa shape index (κ1) is 13.9. The molecular weight excluding hydrogens is 276 g/mol. The Morgan fingerprint density at radius 2 is 1.18 bits per heavy atom. The van der Waals surface area contributed by atoms with Gasteiger partial charge in [0, 0.05) is 5.56 Å². The molecule has 0 saturated heterocycles. The van der Waals surface area contributed by atoms with Crippen molar-refractivity contribution in [1.82, 2.24) is 0 Å². The fourth-order valence-corrected chi connectivity index (χ4v) is 1.82. The van der Waals surface area contributed by atoms with Gasteiger partial charge in [0.15, 0.2) is 0 Å². The molecule has 2 aromatic carbocycles. The van der Waals surface area contributed by atoms with E-state index in [1.54, 1.807) is 0 Å². The molecule has 5 N–H and O–H groups in total. The average Bonchev–Trinajstić information content (AvgIpc) is 2.39. The van der Waals surface area contributed by atoms with Crippen LogP contribution in [0.3, 0.4) is 0 Å². The monoisotopic (exact) mass is 292 g/mol. The Kier molecular flexibility index (Phi) is 5.35. The van der Waals surface area contributed by atoms with E-state index in [2.05, 4.69) is 17.9 Å². The van der Waals surface area contributed by atoms with Crippen LogP contribution in [0.1, 0.15) is 23.2 Å². The van der Waals surface area contributed by atoms with Gasteiger partial charge in [0.1, 0.15) is 6.04 Å². The molecule has 17 heavy (non-hydrogen) atoms. The van der Waals surface area contributed by atoms with E-state index in [1.165, 1.54) is 5.56 Å². The lowest BCUT2D eigenvalue weighted by Gasteiger charge is -2.17. The summed E-state index contributed by atoms with van der Waals surface area (Å²) in [6, 6.07) is 20.3. The molecule has 2 aromatic rings. The minimum atomic E-state index is -0.0522. The van der Waals surface area contributed by atoms with Crippen molar-refractivity contribution in [2.75, 3.05) is 0 Å². The molecule has 2 rings (SSSR count). The average molecular weight is 293 g/mol. The van der Waals surface area contributed by atoms with Crippen LogP contribution in [-0.4, -0.2) is 0 Å². The van der Waals surface area contributed by atoms with Crippen molar-refractivity contribution >= 4 is 0 Å². The molecule has 2 nitrogen and oxygen atoms in total. The maximum Gasteiger partial charge on any atom is 0.130 e. The molecule has 0 amide bonds. The first-order chi connectivity index (χ1) is 7.79. The van der Waals surface area contributed by atoms with E-state index in [4.69, 9.17) is 5.73 Å². The second kappa shape index (κ2) is 6.55. The first-order valence-corrected chi connectivity index (χ1v) is 5.47. The SMILES string of the molecule is N[C@H](c1ccccc1)[C@H]([NH3+])c1ccccc1.[Br-]. The van der Waals surface area contributed by atoms with E-state index in [0.717, 1.165) is 5.56 Å². The maximum absolute atomic E-state index is 6.21. The van der Waals surface area contributed by atoms with Crippen molar-refractivity contribution in [1.29, 1.82) is 0 Å². The Labute approximate surface area is 112 Å². The second-order valence-corrected chi connectivity index (χ2v) is 3.95. The minimum absolute atomic E-state index is 0. The van der Waals surface area contributed by atoms with Gasteiger partial charge in [-0.15, -0.1) is 0 Å². The van der Waals surface area contributed by atoms with Crippen LogP contribution >= 0.6 is 0 Å². The van der Waals surface area contributed by atoms with Crippen LogP contribution in [0.25, 0.3) is 0 Å². The number of quaternary nitrogens is 1. The topological polar surface area (TPSA) is 53.7 Å². The number of benzene rings is 2. The lowest BCUT2D eigenvalue weighted by atomic mass is 9.95. The van der Waals surface area contributed by atoms with Crippen LogP contribution in [-0.2, 0) is 0 Å². The molecule has 0 fully saturated rings. The zero-order valence-electron chi connectivity index (χ0n) is 9.59. The van der Waals surface area contributed by atoms with Crippen molar-refractivity contribution in [3.8, 4) is 0 Å². The summed E-state index contributed by atoms with van der Waals surface area (Å²) < 4.78 is 0. The normalized spacial score (nSPS) is 13.5. The highest BCUT2D eigenvalue weighted by molar-refractivity contribution is 5.25. The molecule has 2 atom stereocenters. The summed E-state index contributed by atoms with van der Waals surface area (Å²) in [5.74, 6) is 0. The van der Waals surface area contributed by atoms with Crippen LogP contribution in [0.15, 0.2) is 60.7 Å². The molecular formula is C14H17BrN2. The van der Waals surface area contributed by atoms with E-state index < -0.39 is 0 Å². The molecule has 0 radical (unpaired) electrons. The Bertz CT molecular complexity index is 387. The maximum atomic E-state index is 6.21. The zero-order valence-corrected chi connectivity index (χ0v) is 11.2. The highest BCUT2D eigenvalue weighted by Crippen LogP contribution is 2.22. The van der Waals surface area contributed by atoms with Gasteiger partial charge in [0.05, 0.1) is 6.04 Å². The highest BCUT2D eigenvalue weighted by Gasteiger charge is 2.19. The molecule has 0 saturated carbocycles. The molecule has 0 bridgehead atoms. The lowest BCUT2D eigenvalue weighted by molar-refractivity contribution is -0.432. The smallest absolute Gasteiger partial charge is 0.130 e. The van der Waals surface area contributed by atoms with Gasteiger partial charge in [-0.2, -0.15) is 0 Å². The van der Waals surface area contributed by atoms with Crippen molar-refractivity contribution < 1.29 is 22.7 Å². The zero-order chi connectivity index (χ0) is 11.4. The van der Waals surface area contributed by atoms with Crippen LogP contribution in [0.5, 0.6) is 0 Å². The van der Waals surface area contributed by atoms with Gasteiger partial charge < -0.3 is 28.4 Å². The molecule has 0 spiro atoms. The van der Waals surface area contributed by atoms with E-state index in [-0.39, 0.29) is 29.1 Å². The number of hydrogen-bond donors (Lipinski definition) is 2. The lowest BCUT2D eigenvalue weighted by Crippen LogP contribution is -3.00. The summed E-state index contributed by atoms with van der Waals surface area (Å²) in [4.78, 5) is 0. The van der Waals surface area contributed by atoms with Crippen molar-refractivity contribution in [2.45, 2.75) is 12.1 Å². The molecule has 0 heterocycles. The molecule has 0 aliphatic heterocycles. The van der Waals surface area contributed by atoms with E-state index in [1.807, 2.05) is 48.5 Å². The summed E-state index contributed by atoms with van der Waals surface area (Å²) in [6.45, 7) is 0. The predicted octanol–water partition coefficient (Wildman–Crippen LogP) is -1.33. The Morgan fingerprint density at radius 1 is 0.765 bits per heavy atom.